The predicted octanol–water partition coefficient (Wildman–Crippen LogP) is 5.71. The molecule has 0 aliphatic carbocycles. The maximum atomic E-state index is 13.9. The Labute approximate surface area is 349 Å². The van der Waals surface area contributed by atoms with Gasteiger partial charge in [-0.25, -0.2) is 0 Å². The van der Waals surface area contributed by atoms with E-state index in [0.717, 1.165) is 79.2 Å². The molecule has 308 valence electrons. The number of phenolic OH excluding ortho intramolecular Hbond substituents is 1. The number of rotatable bonds is 6. The van der Waals surface area contributed by atoms with Crippen LogP contribution in [-0.2, 0) is 27.5 Å². The highest BCUT2D eigenvalue weighted by atomic mass is 16.5. The van der Waals surface area contributed by atoms with Crippen LogP contribution in [0.3, 0.4) is 0 Å². The molecule has 12 nitrogen and oxygen atoms in total. The number of carbonyl (C=O) groups excluding carboxylic acids is 5. The van der Waals surface area contributed by atoms with E-state index in [1.165, 1.54) is 16.8 Å². The van der Waals surface area contributed by atoms with Crippen LogP contribution in [0.15, 0.2) is 84.9 Å². The van der Waals surface area contributed by atoms with Crippen LogP contribution in [-0.4, -0.2) is 94.2 Å². The molecule has 1 spiro atoms. The van der Waals surface area contributed by atoms with Crippen molar-refractivity contribution in [2.24, 2.45) is 5.41 Å². The molecule has 0 bridgehead atoms. The van der Waals surface area contributed by atoms with E-state index in [4.69, 9.17) is 4.74 Å². The Morgan fingerprint density at radius 2 is 1.45 bits per heavy atom. The molecule has 12 heteroatoms. The Bertz CT molecular complexity index is 2350. The molecule has 0 aromatic heterocycles. The third-order valence-electron chi connectivity index (χ3n) is 14.4. The second kappa shape index (κ2) is 14.9. The van der Waals surface area contributed by atoms with Crippen LogP contribution in [0.1, 0.15) is 106 Å². The van der Waals surface area contributed by atoms with E-state index in [-0.39, 0.29) is 58.9 Å². The summed E-state index contributed by atoms with van der Waals surface area (Å²) in [6, 6.07) is 27.2. The Morgan fingerprint density at radius 1 is 0.800 bits per heavy atom. The number of carbonyl (C=O) groups is 5. The van der Waals surface area contributed by atoms with E-state index >= 15 is 0 Å². The molecule has 4 aromatic carbocycles. The number of anilines is 1. The topological polar surface area (TPSA) is 140 Å². The number of imide groups is 2. The molecule has 3 saturated heterocycles. The van der Waals surface area contributed by atoms with Crippen molar-refractivity contribution >= 4 is 35.2 Å². The van der Waals surface area contributed by atoms with E-state index in [1.807, 2.05) is 24.0 Å². The number of hydrogen-bond acceptors (Lipinski definition) is 9. The number of benzene rings is 4. The van der Waals surface area contributed by atoms with Crippen molar-refractivity contribution < 1.29 is 33.8 Å². The largest absolute Gasteiger partial charge is 0.508 e. The first-order chi connectivity index (χ1) is 29.1. The van der Waals surface area contributed by atoms with Gasteiger partial charge in [0, 0.05) is 61.8 Å². The van der Waals surface area contributed by atoms with Crippen molar-refractivity contribution in [1.82, 2.24) is 20.0 Å². The average Bonchev–Trinajstić information content (AvgIpc) is 3.79. The second-order valence-electron chi connectivity index (χ2n) is 17.6. The molecule has 6 heterocycles. The van der Waals surface area contributed by atoms with Gasteiger partial charge in [0.25, 0.3) is 11.8 Å². The molecule has 6 aliphatic rings. The molecular formula is C48H49N5O7. The van der Waals surface area contributed by atoms with Crippen LogP contribution in [0.25, 0.3) is 0 Å². The number of nitrogens with zero attached hydrogens (tertiary/aromatic N) is 4. The number of amides is 5. The fourth-order valence-corrected chi connectivity index (χ4v) is 10.8. The minimum atomic E-state index is -1.01. The van der Waals surface area contributed by atoms with Gasteiger partial charge in [0.1, 0.15) is 17.5 Å². The Hall–Kier alpha value is -6.01. The Balaban J connectivity index is 0.744. The number of fused-ring (bicyclic) bond motifs is 3. The van der Waals surface area contributed by atoms with Crippen LogP contribution >= 0.6 is 0 Å². The standard InChI is InChI=1S/C48H49N5O7/c1-29(45(57)52-26-32-23-37-38(24-33(32)27-52)47(59)53(46(37)58)40-13-14-42(55)49-44(40)56)50-19-15-48(16-20-50)17-21-51(22-18-48)34-9-7-31(8-10-34)43-36-12-11-35(54)25-41(36)60-28-39(43)30-5-3-2-4-6-30/h2-12,23-25,29,39-40,43,54H,13-22,26-28H2,1H3,(H,49,55,56)/t29?,39-,40?,43-/m0/s1. The van der Waals surface area contributed by atoms with Crippen LogP contribution < -0.4 is 15.0 Å². The highest BCUT2D eigenvalue weighted by molar-refractivity contribution is 6.23. The van der Waals surface area contributed by atoms with E-state index in [2.05, 4.69) is 63.6 Å². The summed E-state index contributed by atoms with van der Waals surface area (Å²) in [7, 11) is 0. The van der Waals surface area contributed by atoms with E-state index in [1.54, 1.807) is 24.3 Å². The molecule has 4 aromatic rings. The zero-order valence-electron chi connectivity index (χ0n) is 33.8. The maximum absolute atomic E-state index is 13.9. The first-order valence-corrected chi connectivity index (χ1v) is 21.3. The number of phenols is 1. The summed E-state index contributed by atoms with van der Waals surface area (Å²) in [6.45, 7) is 6.97. The second-order valence-corrected chi connectivity index (χ2v) is 17.6. The van der Waals surface area contributed by atoms with Crippen molar-refractivity contribution in [2.75, 3.05) is 37.7 Å². The summed E-state index contributed by atoms with van der Waals surface area (Å²) >= 11 is 0. The monoisotopic (exact) mass is 807 g/mol. The lowest BCUT2D eigenvalue weighted by molar-refractivity contribution is -0.138. The quantitative estimate of drug-likeness (QED) is 0.235. The molecule has 3 fully saturated rings. The minimum absolute atomic E-state index is 0.0425. The molecule has 5 amide bonds. The molecule has 0 saturated carbocycles. The number of aromatic hydroxyl groups is 1. The van der Waals surface area contributed by atoms with Crippen molar-refractivity contribution in [3.05, 3.63) is 124 Å². The van der Waals surface area contributed by atoms with Gasteiger partial charge >= 0.3 is 0 Å². The summed E-state index contributed by atoms with van der Waals surface area (Å²) < 4.78 is 6.18. The van der Waals surface area contributed by atoms with Crippen molar-refractivity contribution in [1.29, 1.82) is 0 Å². The van der Waals surface area contributed by atoms with Crippen molar-refractivity contribution in [3.8, 4) is 11.5 Å². The first-order valence-electron chi connectivity index (χ1n) is 21.3. The highest BCUT2D eigenvalue weighted by Crippen LogP contribution is 2.48. The lowest BCUT2D eigenvalue weighted by Gasteiger charge is -2.48. The van der Waals surface area contributed by atoms with Crippen LogP contribution in [0.5, 0.6) is 11.5 Å². The SMILES string of the molecule is CC(C(=O)N1Cc2cc3c(cc2C1)C(=O)N(C1CCC(=O)NC1=O)C3=O)N1CCC2(CCN(c3ccc([C@H]4c5ccc(O)cc5OC[C@H]4c4ccccc4)cc3)CC2)CC1. The third kappa shape index (κ3) is 6.61. The average molecular weight is 808 g/mol. The normalized spacial score (nSPS) is 24.1. The van der Waals surface area contributed by atoms with Crippen LogP contribution in [0.2, 0.25) is 0 Å². The zero-order valence-corrected chi connectivity index (χ0v) is 33.8. The Kier molecular flexibility index (Phi) is 9.50. The molecule has 2 unspecified atom stereocenters. The smallest absolute Gasteiger partial charge is 0.262 e. The summed E-state index contributed by atoms with van der Waals surface area (Å²) in [4.78, 5) is 72.5. The summed E-state index contributed by atoms with van der Waals surface area (Å²) in [5.74, 6) is -0.854. The molecule has 10 rings (SSSR count). The van der Waals surface area contributed by atoms with Gasteiger partial charge in [-0.3, -0.25) is 39.1 Å². The number of piperidine rings is 3. The van der Waals surface area contributed by atoms with Crippen molar-refractivity contribution in [2.45, 2.75) is 82.5 Å². The maximum Gasteiger partial charge on any atom is 0.262 e. The zero-order chi connectivity index (χ0) is 41.3. The number of nitrogens with one attached hydrogen (secondary N) is 1. The van der Waals surface area contributed by atoms with Gasteiger partial charge in [0.15, 0.2) is 0 Å². The summed E-state index contributed by atoms with van der Waals surface area (Å²) in [5.41, 5.74) is 7.23. The number of ether oxygens (including phenoxy) is 1. The van der Waals surface area contributed by atoms with Crippen molar-refractivity contribution in [3.63, 3.8) is 0 Å². The summed E-state index contributed by atoms with van der Waals surface area (Å²) in [5, 5.41) is 12.4. The van der Waals surface area contributed by atoms with Gasteiger partial charge in [0.05, 0.1) is 23.8 Å². The fourth-order valence-electron chi connectivity index (χ4n) is 10.8. The van der Waals surface area contributed by atoms with Gasteiger partial charge in [-0.15, -0.1) is 0 Å². The molecule has 0 radical (unpaired) electrons. The van der Waals surface area contributed by atoms with E-state index in [9.17, 15) is 29.1 Å². The van der Waals surface area contributed by atoms with E-state index in [0.29, 0.717) is 19.7 Å². The lowest BCUT2D eigenvalue weighted by Crippen LogP contribution is -2.54. The first kappa shape index (κ1) is 38.2. The van der Waals surface area contributed by atoms with Crippen LogP contribution in [0.4, 0.5) is 5.69 Å². The van der Waals surface area contributed by atoms with Gasteiger partial charge in [-0.2, -0.15) is 0 Å². The highest BCUT2D eigenvalue weighted by Gasteiger charge is 2.46. The van der Waals surface area contributed by atoms with E-state index < -0.39 is 29.7 Å². The van der Waals surface area contributed by atoms with Gasteiger partial charge in [0.2, 0.25) is 17.7 Å². The predicted molar refractivity (Wildman–Crippen MR) is 223 cm³/mol. The Morgan fingerprint density at radius 3 is 2.10 bits per heavy atom. The minimum Gasteiger partial charge on any atom is -0.508 e. The van der Waals surface area contributed by atoms with Gasteiger partial charge in [-0.1, -0.05) is 48.5 Å². The van der Waals surface area contributed by atoms with Crippen LogP contribution in [0, 0.1) is 5.41 Å². The lowest BCUT2D eigenvalue weighted by atomic mass is 9.71. The molecule has 4 atom stereocenters. The summed E-state index contributed by atoms with van der Waals surface area (Å²) in [6.07, 6.45) is 4.51. The molecular weight excluding hydrogens is 759 g/mol. The molecule has 6 aliphatic heterocycles. The third-order valence-corrected chi connectivity index (χ3v) is 14.4. The number of likely N-dealkylation sites (tertiary alicyclic amines) is 1. The number of hydrogen-bond donors (Lipinski definition) is 2. The molecule has 2 N–H and O–H groups in total. The fraction of sp³-hybridized carbons (Fsp3) is 0.396. The van der Waals surface area contributed by atoms with Gasteiger partial charge < -0.3 is 19.6 Å². The van der Waals surface area contributed by atoms with Gasteiger partial charge in [-0.05, 0) is 110 Å². The molecule has 60 heavy (non-hydrogen) atoms.